The van der Waals surface area contributed by atoms with Crippen molar-refractivity contribution in [2.45, 2.75) is 27.2 Å². The Morgan fingerprint density at radius 3 is 1.87 bits per heavy atom. The van der Waals surface area contributed by atoms with E-state index < -0.39 is 11.9 Å². The second-order valence-corrected chi connectivity index (χ2v) is 7.96. The molecule has 0 bridgehead atoms. The van der Waals surface area contributed by atoms with Crippen LogP contribution in [0.25, 0.3) is 11.1 Å². The second-order valence-electron chi connectivity index (χ2n) is 7.96. The number of aryl methyl sites for hydroxylation is 3. The highest BCUT2D eigenvalue weighted by molar-refractivity contribution is 6.21. The van der Waals surface area contributed by atoms with Crippen molar-refractivity contribution in [2.75, 3.05) is 5.73 Å². The summed E-state index contributed by atoms with van der Waals surface area (Å²) < 4.78 is 11.2. The first kappa shape index (κ1) is 19.1. The number of benzene rings is 3. The Morgan fingerprint density at radius 1 is 0.774 bits per heavy atom. The molecule has 2 heterocycles. The smallest absolute Gasteiger partial charge is 0.344 e. The number of nitrogens with two attached hydrogens (primary N) is 1. The SMILES string of the molecule is CCc1cc(C2=c3cc4c(cc3OC2=O)=C(c2ccc(C)cc2)C(=O)O4)cc(C)c1N. The van der Waals surface area contributed by atoms with Crippen LogP contribution >= 0.6 is 0 Å². The van der Waals surface area contributed by atoms with Gasteiger partial charge in [0, 0.05) is 16.1 Å². The maximum atomic E-state index is 12.8. The first-order valence-corrected chi connectivity index (χ1v) is 10.2. The van der Waals surface area contributed by atoms with Gasteiger partial charge in [0.1, 0.15) is 11.5 Å². The quantitative estimate of drug-likeness (QED) is 0.407. The molecule has 0 unspecified atom stereocenters. The lowest BCUT2D eigenvalue weighted by Crippen LogP contribution is -2.11. The molecule has 5 nitrogen and oxygen atoms in total. The highest BCUT2D eigenvalue weighted by Gasteiger charge is 2.30. The van der Waals surface area contributed by atoms with Crippen LogP contribution in [0.4, 0.5) is 5.69 Å². The van der Waals surface area contributed by atoms with E-state index in [0.29, 0.717) is 33.1 Å². The summed E-state index contributed by atoms with van der Waals surface area (Å²) in [6.45, 7) is 5.93. The van der Waals surface area contributed by atoms with Crippen LogP contribution in [-0.4, -0.2) is 11.9 Å². The van der Waals surface area contributed by atoms with Crippen molar-refractivity contribution in [1.82, 2.24) is 0 Å². The van der Waals surface area contributed by atoms with Crippen molar-refractivity contribution in [3.05, 3.63) is 86.8 Å². The fourth-order valence-corrected chi connectivity index (χ4v) is 4.22. The van der Waals surface area contributed by atoms with Gasteiger partial charge in [-0.05, 0) is 66.8 Å². The zero-order valence-corrected chi connectivity index (χ0v) is 17.5. The molecule has 0 fully saturated rings. The van der Waals surface area contributed by atoms with Crippen LogP contribution in [0.1, 0.15) is 34.7 Å². The summed E-state index contributed by atoms with van der Waals surface area (Å²) in [5.41, 5.74) is 12.3. The van der Waals surface area contributed by atoms with Crippen molar-refractivity contribution in [2.24, 2.45) is 0 Å². The summed E-state index contributed by atoms with van der Waals surface area (Å²) in [6.07, 6.45) is 0.756. The summed E-state index contributed by atoms with van der Waals surface area (Å²) in [5.74, 6) is 0.0207. The van der Waals surface area contributed by atoms with E-state index in [9.17, 15) is 9.59 Å². The van der Waals surface area contributed by atoms with E-state index in [1.165, 1.54) is 0 Å². The molecule has 5 rings (SSSR count). The molecule has 0 aromatic heterocycles. The molecular formula is C26H21NO4. The fraction of sp³-hybridized carbons (Fsp3) is 0.154. The van der Waals surface area contributed by atoms with Gasteiger partial charge in [0.2, 0.25) is 0 Å². The minimum atomic E-state index is -0.423. The van der Waals surface area contributed by atoms with Crippen molar-refractivity contribution in [3.63, 3.8) is 0 Å². The summed E-state index contributed by atoms with van der Waals surface area (Å²) in [4.78, 5) is 25.4. The number of esters is 2. The molecule has 154 valence electrons. The Balaban J connectivity index is 1.76. The van der Waals surface area contributed by atoms with Crippen LogP contribution in [0.3, 0.4) is 0 Å². The number of carbonyl (C=O) groups excluding carboxylic acids is 2. The summed E-state index contributed by atoms with van der Waals surface area (Å²) in [7, 11) is 0. The van der Waals surface area contributed by atoms with Crippen molar-refractivity contribution >= 4 is 28.8 Å². The van der Waals surface area contributed by atoms with Crippen LogP contribution in [0.2, 0.25) is 0 Å². The minimum absolute atomic E-state index is 0.410. The molecular weight excluding hydrogens is 390 g/mol. The monoisotopic (exact) mass is 411 g/mol. The van der Waals surface area contributed by atoms with Gasteiger partial charge in [-0.1, -0.05) is 36.8 Å². The first-order valence-electron chi connectivity index (χ1n) is 10.2. The van der Waals surface area contributed by atoms with Crippen molar-refractivity contribution in [1.29, 1.82) is 0 Å². The molecule has 31 heavy (non-hydrogen) atoms. The molecule has 2 N–H and O–H groups in total. The number of fused-ring (bicyclic) bond motifs is 2. The van der Waals surface area contributed by atoms with Gasteiger partial charge in [-0.3, -0.25) is 0 Å². The number of carbonyl (C=O) groups is 2. The second kappa shape index (κ2) is 6.84. The predicted molar refractivity (Wildman–Crippen MR) is 118 cm³/mol. The van der Waals surface area contributed by atoms with E-state index in [4.69, 9.17) is 15.2 Å². The van der Waals surface area contributed by atoms with Crippen molar-refractivity contribution in [3.8, 4) is 11.5 Å². The van der Waals surface area contributed by atoms with E-state index in [-0.39, 0.29) is 0 Å². The lowest BCUT2D eigenvalue weighted by Gasteiger charge is -2.10. The lowest BCUT2D eigenvalue weighted by atomic mass is 9.96. The van der Waals surface area contributed by atoms with Gasteiger partial charge in [-0.15, -0.1) is 0 Å². The maximum Gasteiger partial charge on any atom is 0.344 e. The number of hydrogen-bond donors (Lipinski definition) is 1. The molecule has 2 aliphatic rings. The van der Waals surface area contributed by atoms with E-state index in [2.05, 4.69) is 0 Å². The molecule has 0 aliphatic carbocycles. The summed E-state index contributed by atoms with van der Waals surface area (Å²) in [5, 5.41) is 1.25. The fourth-order valence-electron chi connectivity index (χ4n) is 4.22. The Kier molecular flexibility index (Phi) is 4.22. The van der Waals surface area contributed by atoms with E-state index >= 15 is 0 Å². The molecule has 2 aliphatic heterocycles. The first-order chi connectivity index (χ1) is 14.9. The average molecular weight is 411 g/mol. The normalized spacial score (nSPS) is 14.4. The van der Waals surface area contributed by atoms with E-state index in [0.717, 1.165) is 39.9 Å². The zero-order valence-electron chi connectivity index (χ0n) is 17.5. The van der Waals surface area contributed by atoms with Gasteiger partial charge in [-0.2, -0.15) is 0 Å². The van der Waals surface area contributed by atoms with Crippen LogP contribution in [0, 0.1) is 13.8 Å². The molecule has 5 heteroatoms. The molecule has 0 atom stereocenters. The molecule has 0 saturated heterocycles. The van der Waals surface area contributed by atoms with E-state index in [1.807, 2.05) is 57.2 Å². The molecule has 3 aromatic carbocycles. The number of rotatable bonds is 3. The summed E-state index contributed by atoms with van der Waals surface area (Å²) in [6, 6.07) is 14.9. The van der Waals surface area contributed by atoms with Gasteiger partial charge < -0.3 is 15.2 Å². The van der Waals surface area contributed by atoms with Crippen LogP contribution in [-0.2, 0) is 16.0 Å². The summed E-state index contributed by atoms with van der Waals surface area (Å²) >= 11 is 0. The molecule has 0 amide bonds. The molecule has 3 aromatic rings. The third-order valence-corrected chi connectivity index (χ3v) is 5.92. The molecule has 0 saturated carbocycles. The Morgan fingerprint density at radius 2 is 1.32 bits per heavy atom. The Hall–Kier alpha value is -3.86. The third-order valence-electron chi connectivity index (χ3n) is 5.92. The van der Waals surface area contributed by atoms with Gasteiger partial charge >= 0.3 is 11.9 Å². The number of hydrogen-bond acceptors (Lipinski definition) is 5. The van der Waals surface area contributed by atoms with Crippen LogP contribution < -0.4 is 25.6 Å². The standard InChI is InChI=1S/C26H21NO4/c1-4-15-10-17(9-14(3)24(15)27)23-19-12-20-18(11-21(19)31-26(23)29)22(25(28)30-20)16-7-5-13(2)6-8-16/h5-12H,4,27H2,1-3H3. The Bertz CT molecular complexity index is 1420. The molecule has 0 spiro atoms. The average Bonchev–Trinajstić information content (AvgIpc) is 3.23. The van der Waals surface area contributed by atoms with Crippen LogP contribution in [0.5, 0.6) is 11.5 Å². The highest BCUT2D eigenvalue weighted by atomic mass is 16.5. The molecule has 0 radical (unpaired) electrons. The highest BCUT2D eigenvalue weighted by Crippen LogP contribution is 2.29. The number of anilines is 1. The van der Waals surface area contributed by atoms with E-state index in [1.54, 1.807) is 12.1 Å². The van der Waals surface area contributed by atoms with Gasteiger partial charge in [0.25, 0.3) is 0 Å². The Labute approximate surface area is 179 Å². The predicted octanol–water partition coefficient (Wildman–Crippen LogP) is 2.68. The minimum Gasteiger partial charge on any atom is -0.422 e. The van der Waals surface area contributed by atoms with Gasteiger partial charge in [0.15, 0.2) is 0 Å². The largest absolute Gasteiger partial charge is 0.422 e. The maximum absolute atomic E-state index is 12.8. The van der Waals surface area contributed by atoms with Crippen molar-refractivity contribution < 1.29 is 19.1 Å². The van der Waals surface area contributed by atoms with Gasteiger partial charge in [-0.25, -0.2) is 9.59 Å². The lowest BCUT2D eigenvalue weighted by molar-refractivity contribution is -0.128. The van der Waals surface area contributed by atoms with Gasteiger partial charge in [0.05, 0.1) is 11.1 Å². The third kappa shape index (κ3) is 2.93. The zero-order chi connectivity index (χ0) is 21.9. The number of ether oxygens (including phenoxy) is 2. The van der Waals surface area contributed by atoms with Crippen LogP contribution in [0.15, 0.2) is 48.5 Å². The topological polar surface area (TPSA) is 78.6 Å². The number of nitrogen functional groups attached to an aromatic ring is 1.